The first kappa shape index (κ1) is 21.5. The van der Waals surface area contributed by atoms with Crippen molar-refractivity contribution in [3.63, 3.8) is 0 Å². The fraction of sp³-hybridized carbons (Fsp3) is 0.667. The molecule has 0 aliphatic rings. The minimum absolute atomic E-state index is 0.0565. The Morgan fingerprint density at radius 2 is 1.60 bits per heavy atom. The fourth-order valence-corrected chi connectivity index (χ4v) is 3.15. The summed E-state index contributed by atoms with van der Waals surface area (Å²) in [6, 6.07) is 7.53. The summed E-state index contributed by atoms with van der Waals surface area (Å²) in [4.78, 5) is 13.1. The highest BCUT2D eigenvalue weighted by Crippen LogP contribution is 2.31. The van der Waals surface area contributed by atoms with E-state index in [1.165, 1.54) is 0 Å². The Kier molecular flexibility index (Phi) is 8.98. The number of benzene rings is 1. The molecule has 25 heavy (non-hydrogen) atoms. The van der Waals surface area contributed by atoms with Crippen LogP contribution < -0.4 is 10.1 Å². The number of anilines is 1. The zero-order valence-electron chi connectivity index (χ0n) is 16.7. The summed E-state index contributed by atoms with van der Waals surface area (Å²) in [6.07, 6.45) is 2.39. The Bertz CT molecular complexity index is 498. The Hall–Kier alpha value is -1.55. The fourth-order valence-electron chi connectivity index (χ4n) is 3.15. The first-order chi connectivity index (χ1) is 11.8. The maximum Gasteiger partial charge on any atom is 0.256 e. The van der Waals surface area contributed by atoms with Crippen molar-refractivity contribution in [1.82, 2.24) is 0 Å². The van der Waals surface area contributed by atoms with Gasteiger partial charge >= 0.3 is 0 Å². The van der Waals surface area contributed by atoms with Crippen molar-refractivity contribution >= 4 is 11.6 Å². The molecule has 0 aliphatic heterocycles. The average Bonchev–Trinajstić information content (AvgIpc) is 2.53. The lowest BCUT2D eigenvalue weighted by Gasteiger charge is -2.35. The first-order valence-electron chi connectivity index (χ1n) is 9.51. The minimum Gasteiger partial charge on any atom is -0.494 e. The van der Waals surface area contributed by atoms with Crippen molar-refractivity contribution in [2.45, 2.75) is 66.4 Å². The van der Waals surface area contributed by atoms with Gasteiger partial charge in [-0.25, -0.2) is 0 Å². The summed E-state index contributed by atoms with van der Waals surface area (Å²) in [5.74, 6) is 1.51. The van der Waals surface area contributed by atoms with Crippen LogP contribution in [0.25, 0.3) is 0 Å². The molecule has 0 radical (unpaired) electrons. The largest absolute Gasteiger partial charge is 0.494 e. The molecule has 0 aliphatic carbocycles. The minimum atomic E-state index is -0.783. The van der Waals surface area contributed by atoms with Crippen molar-refractivity contribution in [3.05, 3.63) is 24.3 Å². The summed E-state index contributed by atoms with van der Waals surface area (Å²) in [5.41, 5.74) is -0.0143. The molecule has 1 rings (SSSR count). The molecule has 0 saturated heterocycles. The van der Waals surface area contributed by atoms with Crippen LogP contribution in [-0.2, 0) is 9.53 Å². The summed E-state index contributed by atoms with van der Waals surface area (Å²) >= 11 is 0. The summed E-state index contributed by atoms with van der Waals surface area (Å²) in [6.45, 7) is 13.7. The second-order valence-electron chi connectivity index (χ2n) is 7.45. The molecule has 0 bridgehead atoms. The van der Waals surface area contributed by atoms with E-state index < -0.39 is 5.60 Å². The van der Waals surface area contributed by atoms with Crippen LogP contribution in [0.3, 0.4) is 0 Å². The van der Waals surface area contributed by atoms with Crippen molar-refractivity contribution in [2.75, 3.05) is 18.5 Å². The van der Waals surface area contributed by atoms with Gasteiger partial charge in [-0.2, -0.15) is 0 Å². The molecule has 1 amide bonds. The van der Waals surface area contributed by atoms with Gasteiger partial charge < -0.3 is 14.8 Å². The Balaban J connectivity index is 2.92. The van der Waals surface area contributed by atoms with Crippen LogP contribution in [0.4, 0.5) is 5.69 Å². The van der Waals surface area contributed by atoms with Crippen LogP contribution in [0.2, 0.25) is 0 Å². The smallest absolute Gasteiger partial charge is 0.256 e. The van der Waals surface area contributed by atoms with Gasteiger partial charge in [0.2, 0.25) is 0 Å². The molecular formula is C21H35NO3. The van der Waals surface area contributed by atoms with Gasteiger partial charge in [0.1, 0.15) is 11.4 Å². The van der Waals surface area contributed by atoms with Crippen LogP contribution in [0, 0.1) is 11.8 Å². The third kappa shape index (κ3) is 7.07. The molecule has 4 nitrogen and oxygen atoms in total. The molecule has 1 aromatic carbocycles. The average molecular weight is 350 g/mol. The molecule has 0 aromatic heterocycles. The van der Waals surface area contributed by atoms with Crippen LogP contribution in [-0.4, -0.2) is 24.7 Å². The second kappa shape index (κ2) is 10.4. The number of rotatable bonds is 11. The number of hydrogen-bond acceptors (Lipinski definition) is 3. The normalized spacial score (nSPS) is 11.8. The van der Waals surface area contributed by atoms with E-state index in [-0.39, 0.29) is 5.91 Å². The van der Waals surface area contributed by atoms with E-state index in [0.29, 0.717) is 37.9 Å². The Labute approximate surface area is 153 Å². The molecule has 1 N–H and O–H groups in total. The highest BCUT2D eigenvalue weighted by Gasteiger charge is 2.40. The van der Waals surface area contributed by atoms with Gasteiger partial charge in [-0.3, -0.25) is 4.79 Å². The van der Waals surface area contributed by atoms with E-state index in [1.54, 1.807) is 0 Å². The third-order valence-electron chi connectivity index (χ3n) is 3.90. The zero-order chi connectivity index (χ0) is 18.9. The maximum atomic E-state index is 13.1. The monoisotopic (exact) mass is 349 g/mol. The Morgan fingerprint density at radius 3 is 2.04 bits per heavy atom. The Morgan fingerprint density at radius 1 is 1.04 bits per heavy atom. The van der Waals surface area contributed by atoms with Crippen LogP contribution in [0.15, 0.2) is 24.3 Å². The molecular weight excluding hydrogens is 314 g/mol. The summed E-state index contributed by atoms with van der Waals surface area (Å²) in [7, 11) is 0. The highest BCUT2D eigenvalue weighted by atomic mass is 16.5. The van der Waals surface area contributed by atoms with E-state index in [0.717, 1.165) is 17.9 Å². The third-order valence-corrected chi connectivity index (χ3v) is 3.90. The van der Waals surface area contributed by atoms with E-state index in [9.17, 15) is 4.79 Å². The molecule has 0 spiro atoms. The number of carbonyl (C=O) groups is 1. The maximum absolute atomic E-state index is 13.1. The van der Waals surface area contributed by atoms with Gasteiger partial charge in [-0.1, -0.05) is 34.6 Å². The molecule has 4 heteroatoms. The topological polar surface area (TPSA) is 47.6 Å². The number of amides is 1. The van der Waals surface area contributed by atoms with Crippen LogP contribution in [0.5, 0.6) is 5.75 Å². The molecule has 0 saturated carbocycles. The molecule has 0 heterocycles. The molecule has 0 fully saturated rings. The number of nitrogens with one attached hydrogen (secondary N) is 1. The summed E-state index contributed by atoms with van der Waals surface area (Å²) < 4.78 is 11.6. The summed E-state index contributed by atoms with van der Waals surface area (Å²) in [5, 5.41) is 3.04. The van der Waals surface area contributed by atoms with Gasteiger partial charge in [-0.15, -0.1) is 0 Å². The number of ether oxygens (including phenoxy) is 2. The van der Waals surface area contributed by atoms with Crippen molar-refractivity contribution < 1.29 is 14.3 Å². The number of carbonyl (C=O) groups excluding carboxylic acids is 1. The van der Waals surface area contributed by atoms with Gasteiger partial charge in [0.15, 0.2) is 0 Å². The quantitative estimate of drug-likeness (QED) is 0.591. The predicted octanol–water partition coefficient (Wildman–Crippen LogP) is 5.28. The van der Waals surface area contributed by atoms with Crippen LogP contribution in [0.1, 0.15) is 60.8 Å². The van der Waals surface area contributed by atoms with E-state index in [2.05, 4.69) is 39.9 Å². The second-order valence-corrected chi connectivity index (χ2v) is 7.45. The van der Waals surface area contributed by atoms with Gasteiger partial charge in [0, 0.05) is 12.3 Å². The lowest BCUT2D eigenvalue weighted by molar-refractivity contribution is -0.146. The SMILES string of the molecule is CCCOc1ccc(NC(=O)C(CC(C)C)(CC(C)C)OCC)cc1. The van der Waals surface area contributed by atoms with Gasteiger partial charge in [0.25, 0.3) is 5.91 Å². The molecule has 142 valence electrons. The zero-order valence-corrected chi connectivity index (χ0v) is 16.7. The van der Waals surface area contributed by atoms with Gasteiger partial charge in [-0.05, 0) is 62.3 Å². The van der Waals surface area contributed by atoms with Gasteiger partial charge in [0.05, 0.1) is 6.61 Å². The molecule has 0 unspecified atom stereocenters. The highest BCUT2D eigenvalue weighted by molar-refractivity contribution is 5.97. The van der Waals surface area contributed by atoms with Crippen molar-refractivity contribution in [1.29, 1.82) is 0 Å². The standard InChI is InChI=1S/C21H35NO3/c1-7-13-24-19-11-9-18(10-12-19)22-20(23)21(25-8-2,14-16(3)4)15-17(5)6/h9-12,16-17H,7-8,13-15H2,1-6H3,(H,22,23). The van der Waals surface area contributed by atoms with E-state index >= 15 is 0 Å². The lowest BCUT2D eigenvalue weighted by atomic mass is 9.83. The first-order valence-corrected chi connectivity index (χ1v) is 9.51. The van der Waals surface area contributed by atoms with E-state index in [1.807, 2.05) is 31.2 Å². The lowest BCUT2D eigenvalue weighted by Crippen LogP contribution is -2.47. The number of hydrogen-bond donors (Lipinski definition) is 1. The van der Waals surface area contributed by atoms with Crippen molar-refractivity contribution in [2.24, 2.45) is 11.8 Å². The van der Waals surface area contributed by atoms with E-state index in [4.69, 9.17) is 9.47 Å². The van der Waals surface area contributed by atoms with Crippen LogP contribution >= 0.6 is 0 Å². The predicted molar refractivity (Wildman–Crippen MR) is 104 cm³/mol. The van der Waals surface area contributed by atoms with Crippen molar-refractivity contribution in [3.8, 4) is 5.75 Å². The molecule has 0 atom stereocenters. The molecule has 1 aromatic rings.